The van der Waals surface area contributed by atoms with Crippen molar-refractivity contribution in [3.05, 3.63) is 0 Å². The number of carbonyl (C=O) groups excluding carboxylic acids is 11. The first-order valence-electron chi connectivity index (χ1n) is 44.4. The van der Waals surface area contributed by atoms with Crippen LogP contribution in [0.1, 0.15) is 221 Å². The van der Waals surface area contributed by atoms with Gasteiger partial charge in [-0.15, -0.1) is 0 Å². The summed E-state index contributed by atoms with van der Waals surface area (Å²) in [6, 6.07) is -3.24. The SMILES string of the molecule is CC(=O)NC1C(OCCCCC(=O)NCCCNC(=O)CCOCC(COCCC(=O)NCCCNC(=O)CCCCOC2OC(CO)C(O)C(O)C2NC(C)=O)(COCCC(=O)NCCCNC(=O)CCCCOC2OC(CO)C(O)C(O)C2NC(C)=O)NC(=O)CCCCCCCCCCC(=O)N2C[C@H](O)C[C@H]2CCC(C)(C)C)OC(CO)C(O)C1O. The number of ether oxygens (including phenoxy) is 9. The Morgan fingerprint density at radius 2 is 0.653 bits per heavy atom. The zero-order valence-electron chi connectivity index (χ0n) is 73.6. The van der Waals surface area contributed by atoms with Gasteiger partial charge in [0.05, 0.1) is 65.6 Å². The van der Waals surface area contributed by atoms with Gasteiger partial charge in [0.25, 0.3) is 0 Å². The van der Waals surface area contributed by atoms with Crippen LogP contribution in [-0.4, -0.2) is 356 Å². The Labute approximate surface area is 728 Å². The molecule has 4 fully saturated rings. The summed E-state index contributed by atoms with van der Waals surface area (Å²) in [6.07, 6.45) is -2.97. The van der Waals surface area contributed by atoms with Crippen LogP contribution in [0.2, 0.25) is 0 Å². The molecule has 716 valence electrons. The summed E-state index contributed by atoms with van der Waals surface area (Å²) in [4.78, 5) is 142. The number of unbranched alkanes of at least 4 members (excludes halogenated alkanes) is 10. The molecule has 4 aliphatic heterocycles. The minimum atomic E-state index is -1.46. The third-order valence-corrected chi connectivity index (χ3v) is 21.4. The van der Waals surface area contributed by atoms with Gasteiger partial charge in [0.15, 0.2) is 18.9 Å². The minimum Gasteiger partial charge on any atom is -0.394 e. The first kappa shape index (κ1) is 110. The largest absolute Gasteiger partial charge is 0.394 e. The molecule has 0 bridgehead atoms. The van der Waals surface area contributed by atoms with Crippen molar-refractivity contribution >= 4 is 65.0 Å². The molecule has 4 aliphatic rings. The number of rotatable bonds is 65. The molecule has 20 N–H and O–H groups in total. The van der Waals surface area contributed by atoms with Crippen LogP contribution in [0.4, 0.5) is 0 Å². The molecule has 0 aliphatic carbocycles. The van der Waals surface area contributed by atoms with Crippen LogP contribution in [0.25, 0.3) is 0 Å². The Balaban J connectivity index is 1.31. The predicted octanol–water partition coefficient (Wildman–Crippen LogP) is -2.99. The summed E-state index contributed by atoms with van der Waals surface area (Å²) in [5.41, 5.74) is -1.30. The molecule has 41 heteroatoms. The molecule has 17 atom stereocenters. The van der Waals surface area contributed by atoms with Crippen molar-refractivity contribution in [1.82, 2.24) is 58.1 Å². The highest BCUT2D eigenvalue weighted by molar-refractivity contribution is 5.79. The van der Waals surface area contributed by atoms with E-state index >= 15 is 0 Å². The number of β-amino-alcohol motifs (C(OH)–C–C–N with tert-alkyl or cyclic N) is 1. The number of hydrogen-bond donors (Lipinski definition) is 20. The summed E-state index contributed by atoms with van der Waals surface area (Å²) < 4.78 is 52.3. The molecule has 0 aromatic rings. The summed E-state index contributed by atoms with van der Waals surface area (Å²) in [5.74, 6) is -3.63. The van der Waals surface area contributed by atoms with Crippen molar-refractivity contribution in [3.63, 3.8) is 0 Å². The molecule has 124 heavy (non-hydrogen) atoms. The van der Waals surface area contributed by atoms with E-state index in [1.807, 2.05) is 4.90 Å². The molecule has 11 amide bonds. The fourth-order valence-electron chi connectivity index (χ4n) is 14.5. The van der Waals surface area contributed by atoms with E-state index in [-0.39, 0.29) is 202 Å². The topological polar surface area (TPSA) is 597 Å². The van der Waals surface area contributed by atoms with Gasteiger partial charge >= 0.3 is 0 Å². The number of nitrogens with one attached hydrogen (secondary N) is 10. The lowest BCUT2D eigenvalue weighted by Crippen LogP contribution is -2.64. The average molecular weight is 1780 g/mol. The van der Waals surface area contributed by atoms with E-state index in [1.54, 1.807) is 0 Å². The zero-order chi connectivity index (χ0) is 91.4. The third kappa shape index (κ3) is 44.9. The molecule has 4 rings (SSSR count). The van der Waals surface area contributed by atoms with E-state index in [0.717, 1.165) is 57.8 Å². The second kappa shape index (κ2) is 61.8. The molecule has 4 heterocycles. The van der Waals surface area contributed by atoms with E-state index in [2.05, 4.69) is 73.9 Å². The van der Waals surface area contributed by atoms with Crippen LogP contribution >= 0.6 is 0 Å². The van der Waals surface area contributed by atoms with Gasteiger partial charge in [-0.05, 0) is 95.3 Å². The molecule has 4 saturated heterocycles. The quantitative estimate of drug-likeness (QED) is 0.0270. The van der Waals surface area contributed by atoms with Gasteiger partial charge in [0.2, 0.25) is 65.0 Å². The molecular formula is C83H149N11O30. The highest BCUT2D eigenvalue weighted by Gasteiger charge is 2.48. The molecule has 0 saturated carbocycles. The molecule has 0 radical (unpaired) electrons. The summed E-state index contributed by atoms with van der Waals surface area (Å²) in [5, 5.41) is 129. The van der Waals surface area contributed by atoms with E-state index in [9.17, 15) is 104 Å². The van der Waals surface area contributed by atoms with Crippen LogP contribution in [-0.2, 0) is 95.4 Å². The van der Waals surface area contributed by atoms with E-state index in [0.29, 0.717) is 83.6 Å². The van der Waals surface area contributed by atoms with Crippen molar-refractivity contribution in [2.45, 2.75) is 331 Å². The zero-order valence-corrected chi connectivity index (χ0v) is 73.6. The Bertz CT molecular complexity index is 2870. The van der Waals surface area contributed by atoms with Crippen molar-refractivity contribution in [3.8, 4) is 0 Å². The Kier molecular flexibility index (Phi) is 54.7. The number of aliphatic hydroxyl groups excluding tert-OH is 10. The van der Waals surface area contributed by atoms with Gasteiger partial charge in [-0.1, -0.05) is 59.3 Å². The lowest BCUT2D eigenvalue weighted by Gasteiger charge is -2.42. The molecule has 0 aromatic carbocycles. The maximum Gasteiger partial charge on any atom is 0.222 e. The molecule has 0 aromatic heterocycles. The first-order valence-corrected chi connectivity index (χ1v) is 44.4. The first-order chi connectivity index (χ1) is 59.2. The fraction of sp³-hybridized carbons (Fsp3) is 0.867. The maximum atomic E-state index is 14.1. The lowest BCUT2D eigenvalue weighted by molar-refractivity contribution is -0.270. The number of aliphatic hydroxyl groups is 10. The lowest BCUT2D eigenvalue weighted by atomic mass is 9.88. The molecule has 15 unspecified atom stereocenters. The van der Waals surface area contributed by atoms with Gasteiger partial charge in [-0.25, -0.2) is 0 Å². The van der Waals surface area contributed by atoms with Crippen molar-refractivity contribution in [2.75, 3.05) is 125 Å². The Hall–Kier alpha value is -6.59. The van der Waals surface area contributed by atoms with Crippen molar-refractivity contribution in [1.29, 1.82) is 0 Å². The number of carbonyl (C=O) groups is 11. The normalized spacial score (nSPS) is 25.0. The smallest absolute Gasteiger partial charge is 0.222 e. The number of hydrogen-bond acceptors (Lipinski definition) is 30. The van der Waals surface area contributed by atoms with Crippen molar-refractivity contribution in [2.24, 2.45) is 5.41 Å². The minimum absolute atomic E-state index is 0.0586. The monoisotopic (exact) mass is 1780 g/mol. The van der Waals surface area contributed by atoms with Gasteiger partial charge in [-0.3, -0.25) is 52.7 Å². The number of likely N-dealkylation sites (tertiary alicyclic amines) is 1. The van der Waals surface area contributed by atoms with E-state index in [1.165, 1.54) is 20.8 Å². The maximum absolute atomic E-state index is 14.1. The van der Waals surface area contributed by atoms with Crippen LogP contribution in [0.5, 0.6) is 0 Å². The summed E-state index contributed by atoms with van der Waals surface area (Å²) in [6.45, 7) is 9.25. The van der Waals surface area contributed by atoms with Crippen LogP contribution < -0.4 is 53.2 Å². The Morgan fingerprint density at radius 1 is 0.363 bits per heavy atom. The van der Waals surface area contributed by atoms with E-state index < -0.39 is 141 Å². The van der Waals surface area contributed by atoms with Crippen LogP contribution in [0.15, 0.2) is 0 Å². The Morgan fingerprint density at radius 3 is 0.960 bits per heavy atom. The number of nitrogens with zero attached hydrogens (tertiary/aromatic N) is 1. The van der Waals surface area contributed by atoms with Gasteiger partial charge in [-0.2, -0.15) is 0 Å². The highest BCUT2D eigenvalue weighted by atomic mass is 16.7. The second-order valence-corrected chi connectivity index (χ2v) is 33.7. The fourth-order valence-corrected chi connectivity index (χ4v) is 14.5. The number of amides is 11. The van der Waals surface area contributed by atoms with Gasteiger partial charge in [0, 0.05) is 144 Å². The predicted molar refractivity (Wildman–Crippen MR) is 446 cm³/mol. The average Bonchev–Trinajstić information content (AvgIpc) is 1.01. The highest BCUT2D eigenvalue weighted by Crippen LogP contribution is 2.31. The summed E-state index contributed by atoms with van der Waals surface area (Å²) in [7, 11) is 0. The molecular weight excluding hydrogens is 1630 g/mol. The third-order valence-electron chi connectivity index (χ3n) is 21.4. The van der Waals surface area contributed by atoms with Gasteiger partial charge < -0.3 is 152 Å². The van der Waals surface area contributed by atoms with Crippen LogP contribution in [0, 0.1) is 5.41 Å². The van der Waals surface area contributed by atoms with Crippen molar-refractivity contribution < 1.29 is 146 Å². The molecule has 0 spiro atoms. The van der Waals surface area contributed by atoms with Gasteiger partial charge in [0.1, 0.15) is 78.6 Å². The van der Waals surface area contributed by atoms with Crippen LogP contribution in [0.3, 0.4) is 0 Å². The van der Waals surface area contributed by atoms with E-state index in [4.69, 9.17) is 42.6 Å². The summed E-state index contributed by atoms with van der Waals surface area (Å²) >= 11 is 0. The second-order valence-electron chi connectivity index (χ2n) is 33.7. The molecule has 41 nitrogen and oxygen atoms in total. The standard InChI is InChI=1S/C83H149N11O30/c1-54(98)90-70-76(113)73(110)59(48-95)122-79(70)119-40-18-15-24-62(102)84-34-21-37-87-65(105)30-43-116-51-83(93-68(108)27-13-11-9-7-8-10-12-14-28-69(109)94-47-58(101)46-57(94)29-33-82(4,5)6,52-117-44-31-66(106)88-38-22-35-85-63(103)25-16-19-41-120-80-71(91-55(2)99)77(114)74(111)60(49-96)123-80)53-118-45-32-67(107)89-39-23-36-86-64(104)26-17-20-42-121-81-72(92-56(3)100)78(115)75(112)61(50-97)124-81/h57-61,70-81,95-97,101,110-115H,7-53H2,1-6H3,(H,84,102)(H,85,103)(H,86,104)(H,87,105)(H,88,106)(H,89,107)(H,90,98)(H,91,99)(H,92,100)(H,93,108)/t57-,58-,59?,60?,61?,70?,71?,72?,73?,74?,75?,76?,77?,78?,79?,80?,81?,83?/m1/s1.